The first-order valence-electron chi connectivity index (χ1n) is 13.5. The molecular formula is C29H38N2O4. The number of aromatic nitrogens is 1. The van der Waals surface area contributed by atoms with Gasteiger partial charge in [0, 0.05) is 36.6 Å². The van der Waals surface area contributed by atoms with Crippen molar-refractivity contribution in [2.75, 3.05) is 26.3 Å². The van der Waals surface area contributed by atoms with E-state index in [2.05, 4.69) is 12.1 Å². The highest BCUT2D eigenvalue weighted by molar-refractivity contribution is 5.76. The molecule has 2 atom stereocenters. The van der Waals surface area contributed by atoms with E-state index in [1.807, 2.05) is 29.2 Å². The number of hydrogen-bond acceptors (Lipinski definition) is 5. The molecular weight excluding hydrogens is 440 g/mol. The number of fused-ring (bicyclic) bond motifs is 1. The van der Waals surface area contributed by atoms with Crippen LogP contribution in [0.4, 0.5) is 0 Å². The normalized spacial score (nSPS) is 21.0. The molecule has 0 bridgehead atoms. The number of aryl methyl sites for hydroxylation is 3. The number of aliphatic carboxylic acids is 1. The van der Waals surface area contributed by atoms with Crippen molar-refractivity contribution in [3.8, 4) is 5.75 Å². The Morgan fingerprint density at radius 2 is 1.94 bits per heavy atom. The van der Waals surface area contributed by atoms with Crippen molar-refractivity contribution >= 4 is 5.97 Å². The van der Waals surface area contributed by atoms with Gasteiger partial charge in [-0.3, -0.25) is 14.7 Å². The van der Waals surface area contributed by atoms with E-state index in [0.717, 1.165) is 44.2 Å². The van der Waals surface area contributed by atoms with E-state index < -0.39 is 12.0 Å². The zero-order chi connectivity index (χ0) is 24.0. The minimum atomic E-state index is -0.828. The molecule has 2 aromatic rings. The van der Waals surface area contributed by atoms with Crippen LogP contribution >= 0.6 is 0 Å². The minimum absolute atomic E-state index is 0.0817. The lowest BCUT2D eigenvalue weighted by molar-refractivity contribution is -0.143. The molecule has 1 saturated carbocycles. The largest absolute Gasteiger partial charge is 0.493 e. The molecule has 6 heteroatoms. The molecule has 1 aromatic carbocycles. The maximum Gasteiger partial charge on any atom is 0.325 e. The standard InChI is InChI=1S/C29H38N2O4/c32-29(33)28(25-9-2-4-11-27(25)35-20-21-12-13-21)31-17-16-24(19-31)34-18-6-5-8-23-15-14-22-7-1-3-10-26(22)30-23/h2,4,9,11,14-15,21,24,28H,1,3,5-8,10,12-13,16-20H2,(H,32,33)/t24-,28?/m1/s1. The van der Waals surface area contributed by atoms with Gasteiger partial charge in [-0.15, -0.1) is 0 Å². The van der Waals surface area contributed by atoms with Crippen LogP contribution in [0.5, 0.6) is 5.75 Å². The molecule has 1 N–H and O–H groups in total. The van der Waals surface area contributed by atoms with Crippen LogP contribution in [-0.2, 0) is 28.8 Å². The zero-order valence-corrected chi connectivity index (χ0v) is 20.7. The van der Waals surface area contributed by atoms with Crippen LogP contribution in [0, 0.1) is 5.92 Å². The fourth-order valence-electron chi connectivity index (χ4n) is 5.37. The highest BCUT2D eigenvalue weighted by Crippen LogP contribution is 2.35. The van der Waals surface area contributed by atoms with Crippen LogP contribution in [0.2, 0.25) is 0 Å². The van der Waals surface area contributed by atoms with Crippen molar-refractivity contribution in [1.82, 2.24) is 9.88 Å². The second-order valence-electron chi connectivity index (χ2n) is 10.4. The molecule has 1 unspecified atom stereocenters. The first kappa shape index (κ1) is 24.3. The van der Waals surface area contributed by atoms with Crippen LogP contribution < -0.4 is 4.74 Å². The molecule has 6 nitrogen and oxygen atoms in total. The van der Waals surface area contributed by atoms with Crippen LogP contribution in [-0.4, -0.2) is 53.4 Å². The van der Waals surface area contributed by atoms with E-state index in [-0.39, 0.29) is 6.10 Å². The number of benzene rings is 1. The lowest BCUT2D eigenvalue weighted by Gasteiger charge is -2.26. The molecule has 188 valence electrons. The smallest absolute Gasteiger partial charge is 0.325 e. The fourth-order valence-corrected chi connectivity index (χ4v) is 5.37. The van der Waals surface area contributed by atoms with Crippen LogP contribution in [0.1, 0.15) is 73.5 Å². The number of ether oxygens (including phenoxy) is 2. The Balaban J connectivity index is 1.08. The van der Waals surface area contributed by atoms with Crippen molar-refractivity contribution in [1.29, 1.82) is 0 Å². The average molecular weight is 479 g/mol. The Bertz CT molecular complexity index is 1010. The summed E-state index contributed by atoms with van der Waals surface area (Å²) < 4.78 is 12.2. The van der Waals surface area contributed by atoms with E-state index in [1.54, 1.807) is 0 Å². The van der Waals surface area contributed by atoms with E-state index in [9.17, 15) is 9.90 Å². The quantitative estimate of drug-likeness (QED) is 0.434. The predicted octanol–water partition coefficient (Wildman–Crippen LogP) is 4.99. The van der Waals surface area contributed by atoms with Gasteiger partial charge >= 0.3 is 5.97 Å². The number of carbonyl (C=O) groups is 1. The third kappa shape index (κ3) is 6.42. The van der Waals surface area contributed by atoms with Gasteiger partial charge in [0.25, 0.3) is 0 Å². The Kier molecular flexibility index (Phi) is 7.99. The van der Waals surface area contributed by atoms with Crippen molar-refractivity contribution in [2.24, 2.45) is 5.92 Å². The van der Waals surface area contributed by atoms with Gasteiger partial charge in [0.05, 0.1) is 12.7 Å². The number of nitrogens with zero attached hydrogens (tertiary/aromatic N) is 2. The van der Waals surface area contributed by atoms with Crippen molar-refractivity contribution in [2.45, 2.75) is 76.4 Å². The number of likely N-dealkylation sites (tertiary alicyclic amines) is 1. The summed E-state index contributed by atoms with van der Waals surface area (Å²) >= 11 is 0. The Morgan fingerprint density at radius 3 is 2.80 bits per heavy atom. The second-order valence-corrected chi connectivity index (χ2v) is 10.4. The molecule has 2 heterocycles. The highest BCUT2D eigenvalue weighted by atomic mass is 16.5. The summed E-state index contributed by atoms with van der Waals surface area (Å²) in [6, 6.07) is 11.4. The SMILES string of the molecule is O=C(O)C(c1ccccc1OCC1CC1)N1CC[C@@H](OCCCCc2ccc3c(n2)CCCC3)C1. The summed E-state index contributed by atoms with van der Waals surface area (Å²) in [7, 11) is 0. The number of para-hydroxylation sites is 1. The maximum atomic E-state index is 12.3. The summed E-state index contributed by atoms with van der Waals surface area (Å²) in [6.45, 7) is 2.75. The summed E-state index contributed by atoms with van der Waals surface area (Å²) in [5.74, 6) is 0.497. The van der Waals surface area contributed by atoms with Crippen molar-refractivity contribution in [3.05, 3.63) is 58.9 Å². The van der Waals surface area contributed by atoms with Gasteiger partial charge in [0.1, 0.15) is 11.8 Å². The number of rotatable bonds is 12. The summed E-state index contributed by atoms with van der Waals surface area (Å²) in [6.07, 6.45) is 11.3. The summed E-state index contributed by atoms with van der Waals surface area (Å²) in [5, 5.41) is 10.1. The molecule has 1 saturated heterocycles. The van der Waals surface area contributed by atoms with Gasteiger partial charge < -0.3 is 14.6 Å². The van der Waals surface area contributed by atoms with Crippen LogP contribution in [0.3, 0.4) is 0 Å². The van der Waals surface area contributed by atoms with Crippen molar-refractivity contribution in [3.63, 3.8) is 0 Å². The summed E-state index contributed by atoms with van der Waals surface area (Å²) in [5.41, 5.74) is 4.69. The Morgan fingerprint density at radius 1 is 1.09 bits per heavy atom. The van der Waals surface area contributed by atoms with Crippen LogP contribution in [0.15, 0.2) is 36.4 Å². The average Bonchev–Trinajstić information content (AvgIpc) is 3.60. The summed E-state index contributed by atoms with van der Waals surface area (Å²) in [4.78, 5) is 19.2. The third-order valence-electron chi connectivity index (χ3n) is 7.58. The first-order valence-corrected chi connectivity index (χ1v) is 13.5. The monoisotopic (exact) mass is 478 g/mol. The molecule has 0 spiro atoms. The number of hydrogen-bond donors (Lipinski definition) is 1. The van der Waals surface area contributed by atoms with Crippen molar-refractivity contribution < 1.29 is 19.4 Å². The van der Waals surface area contributed by atoms with Gasteiger partial charge in [-0.1, -0.05) is 24.3 Å². The molecule has 3 aliphatic rings. The third-order valence-corrected chi connectivity index (χ3v) is 7.58. The van der Waals surface area contributed by atoms with Crippen LogP contribution in [0.25, 0.3) is 0 Å². The van der Waals surface area contributed by atoms with Gasteiger partial charge in [-0.2, -0.15) is 0 Å². The van der Waals surface area contributed by atoms with Gasteiger partial charge in [-0.25, -0.2) is 0 Å². The Labute approximate surface area is 208 Å². The predicted molar refractivity (Wildman–Crippen MR) is 135 cm³/mol. The molecule has 5 rings (SSSR count). The second kappa shape index (κ2) is 11.5. The van der Waals surface area contributed by atoms with Gasteiger partial charge in [-0.05, 0) is 87.8 Å². The topological polar surface area (TPSA) is 71.9 Å². The highest BCUT2D eigenvalue weighted by Gasteiger charge is 2.35. The molecule has 0 radical (unpaired) electrons. The number of unbranched alkanes of at least 4 members (excludes halogenated alkanes) is 1. The molecule has 1 aromatic heterocycles. The minimum Gasteiger partial charge on any atom is -0.493 e. The van der Waals surface area contributed by atoms with Gasteiger partial charge in [0.15, 0.2) is 0 Å². The number of carboxylic acid groups (broad SMARTS) is 1. The molecule has 1 aliphatic heterocycles. The van der Waals surface area contributed by atoms with E-state index >= 15 is 0 Å². The first-order chi connectivity index (χ1) is 17.2. The fraction of sp³-hybridized carbons (Fsp3) is 0.586. The lowest BCUT2D eigenvalue weighted by atomic mass is 9.95. The van der Waals surface area contributed by atoms with E-state index in [4.69, 9.17) is 14.5 Å². The molecule has 0 amide bonds. The lowest BCUT2D eigenvalue weighted by Crippen LogP contribution is -2.33. The number of carboxylic acids is 1. The molecule has 35 heavy (non-hydrogen) atoms. The van der Waals surface area contributed by atoms with Gasteiger partial charge in [0.2, 0.25) is 0 Å². The maximum absolute atomic E-state index is 12.3. The number of pyridine rings is 1. The van der Waals surface area contributed by atoms with E-state index in [0.29, 0.717) is 31.4 Å². The Hall–Kier alpha value is -2.44. The molecule has 2 aliphatic carbocycles. The molecule has 2 fully saturated rings. The van der Waals surface area contributed by atoms with E-state index in [1.165, 1.54) is 49.1 Å². The zero-order valence-electron chi connectivity index (χ0n) is 20.7.